The number of nitrogens with zero attached hydrogens (tertiary/aromatic N) is 3. The van der Waals surface area contributed by atoms with Crippen LogP contribution in [0.3, 0.4) is 0 Å². The first-order chi connectivity index (χ1) is 13.5. The lowest BCUT2D eigenvalue weighted by Gasteiger charge is -2.23. The van der Waals surface area contributed by atoms with E-state index in [4.69, 9.17) is 4.98 Å². The van der Waals surface area contributed by atoms with Crippen LogP contribution in [0, 0.1) is 5.92 Å². The van der Waals surface area contributed by atoms with Gasteiger partial charge in [0.1, 0.15) is 0 Å². The second-order valence-corrected chi connectivity index (χ2v) is 9.36. The minimum Gasteiger partial charge on any atom is -0.394 e. The second kappa shape index (κ2) is 6.41. The summed E-state index contributed by atoms with van der Waals surface area (Å²) in [5.41, 5.74) is 3.37. The molecule has 2 aromatic heterocycles. The van der Waals surface area contributed by atoms with Gasteiger partial charge in [-0.3, -0.25) is 4.79 Å². The van der Waals surface area contributed by atoms with Crippen LogP contribution < -0.4 is 5.32 Å². The van der Waals surface area contributed by atoms with E-state index in [1.165, 1.54) is 37.7 Å². The number of hydrogen-bond acceptors (Lipinski definition) is 4. The SMILES string of the molecule is CC(C)(CO)NC(=O)c1nn(-c2ccc(C3CCCC3)cn2)c2c1C[C@@H]1C[C@H]21. The molecular formula is C22H28N4O2. The van der Waals surface area contributed by atoms with Crippen molar-refractivity contribution in [3.63, 3.8) is 0 Å². The molecule has 3 aliphatic carbocycles. The van der Waals surface area contributed by atoms with E-state index in [0.717, 1.165) is 23.5 Å². The second-order valence-electron chi connectivity index (χ2n) is 9.36. The molecule has 0 aromatic carbocycles. The molecule has 0 unspecified atom stereocenters. The van der Waals surface area contributed by atoms with Crippen LogP contribution in [0.25, 0.3) is 5.82 Å². The van der Waals surface area contributed by atoms with Gasteiger partial charge in [-0.15, -0.1) is 0 Å². The molecule has 0 saturated heterocycles. The Morgan fingerprint density at radius 3 is 2.79 bits per heavy atom. The number of carbonyl (C=O) groups is 1. The Kier molecular flexibility index (Phi) is 4.09. The van der Waals surface area contributed by atoms with Gasteiger partial charge in [-0.1, -0.05) is 18.9 Å². The van der Waals surface area contributed by atoms with Crippen LogP contribution in [0.1, 0.15) is 85.1 Å². The van der Waals surface area contributed by atoms with E-state index in [1.54, 1.807) is 0 Å². The highest BCUT2D eigenvalue weighted by atomic mass is 16.3. The highest BCUT2D eigenvalue weighted by Gasteiger charge is 2.50. The summed E-state index contributed by atoms with van der Waals surface area (Å²) in [6.07, 6.45) is 9.23. The predicted molar refractivity (Wildman–Crippen MR) is 106 cm³/mol. The van der Waals surface area contributed by atoms with Gasteiger partial charge >= 0.3 is 0 Å². The Hall–Kier alpha value is -2.21. The van der Waals surface area contributed by atoms with Gasteiger partial charge in [0.2, 0.25) is 0 Å². The molecule has 6 heteroatoms. The Morgan fingerprint density at radius 2 is 2.11 bits per heavy atom. The third-order valence-corrected chi connectivity index (χ3v) is 6.64. The van der Waals surface area contributed by atoms with Gasteiger partial charge in [0.25, 0.3) is 5.91 Å². The van der Waals surface area contributed by atoms with Gasteiger partial charge in [-0.2, -0.15) is 5.10 Å². The van der Waals surface area contributed by atoms with Crippen molar-refractivity contribution in [2.45, 2.75) is 69.7 Å². The standard InChI is InChI=1S/C22H28N4O2/c1-22(2,12-27)24-21(28)19-17-10-15-9-16(15)20(17)26(25-19)18-8-7-14(11-23-18)13-5-3-4-6-13/h7-8,11,13,15-16,27H,3-6,9-10,12H2,1-2H3,(H,24,28)/t15-,16-/m0/s1. The van der Waals surface area contributed by atoms with E-state index in [-0.39, 0.29) is 12.5 Å². The Balaban J connectivity index is 1.48. The van der Waals surface area contributed by atoms with Crippen molar-refractivity contribution in [1.29, 1.82) is 0 Å². The summed E-state index contributed by atoms with van der Waals surface area (Å²) >= 11 is 0. The number of fused-ring (bicyclic) bond motifs is 3. The van der Waals surface area contributed by atoms with Crippen molar-refractivity contribution in [2.24, 2.45) is 5.92 Å². The van der Waals surface area contributed by atoms with Crippen LogP contribution in [-0.2, 0) is 6.42 Å². The van der Waals surface area contributed by atoms with E-state index >= 15 is 0 Å². The Bertz CT molecular complexity index is 909. The van der Waals surface area contributed by atoms with Gasteiger partial charge < -0.3 is 10.4 Å². The zero-order chi connectivity index (χ0) is 19.5. The highest BCUT2D eigenvalue weighted by Crippen LogP contribution is 2.57. The van der Waals surface area contributed by atoms with Crippen molar-refractivity contribution >= 4 is 5.91 Å². The molecule has 2 heterocycles. The molecule has 2 fully saturated rings. The lowest BCUT2D eigenvalue weighted by Crippen LogP contribution is -2.46. The molecule has 3 aliphatic rings. The summed E-state index contributed by atoms with van der Waals surface area (Å²) in [6, 6.07) is 4.23. The summed E-state index contributed by atoms with van der Waals surface area (Å²) < 4.78 is 1.90. The maximum Gasteiger partial charge on any atom is 0.272 e. The van der Waals surface area contributed by atoms with Gasteiger partial charge in [-0.25, -0.2) is 9.67 Å². The first kappa shape index (κ1) is 17.9. The average molecular weight is 380 g/mol. The molecule has 0 bridgehead atoms. The average Bonchev–Trinajstić information content (AvgIpc) is 3.09. The zero-order valence-corrected chi connectivity index (χ0v) is 16.6. The number of rotatable bonds is 5. The molecular weight excluding hydrogens is 352 g/mol. The molecule has 2 N–H and O–H groups in total. The summed E-state index contributed by atoms with van der Waals surface area (Å²) in [5.74, 6) is 2.38. The molecule has 0 radical (unpaired) electrons. The molecule has 5 rings (SSSR count). The van der Waals surface area contributed by atoms with Crippen LogP contribution in [-0.4, -0.2) is 37.9 Å². The van der Waals surface area contributed by atoms with E-state index in [9.17, 15) is 9.90 Å². The van der Waals surface area contributed by atoms with Crippen LogP contribution in [0.15, 0.2) is 18.3 Å². The van der Waals surface area contributed by atoms with E-state index in [0.29, 0.717) is 23.4 Å². The topological polar surface area (TPSA) is 80.0 Å². The molecule has 0 spiro atoms. The third kappa shape index (κ3) is 2.94. The fraction of sp³-hybridized carbons (Fsp3) is 0.591. The van der Waals surface area contributed by atoms with Gasteiger partial charge in [0.05, 0.1) is 17.8 Å². The number of hydrogen-bond donors (Lipinski definition) is 2. The fourth-order valence-corrected chi connectivity index (χ4v) is 4.90. The summed E-state index contributed by atoms with van der Waals surface area (Å²) in [7, 11) is 0. The van der Waals surface area contributed by atoms with Crippen molar-refractivity contribution in [3.05, 3.63) is 40.8 Å². The van der Waals surface area contributed by atoms with Gasteiger partial charge in [0, 0.05) is 17.7 Å². The van der Waals surface area contributed by atoms with E-state index in [2.05, 4.69) is 22.5 Å². The lowest BCUT2D eigenvalue weighted by atomic mass is 10.00. The number of aliphatic hydroxyl groups is 1. The minimum absolute atomic E-state index is 0.114. The number of nitrogens with one attached hydrogen (secondary N) is 1. The minimum atomic E-state index is -0.670. The summed E-state index contributed by atoms with van der Waals surface area (Å²) in [5, 5.41) is 17.1. The molecule has 148 valence electrons. The third-order valence-electron chi connectivity index (χ3n) is 6.64. The van der Waals surface area contributed by atoms with Crippen molar-refractivity contribution in [2.75, 3.05) is 6.61 Å². The van der Waals surface area contributed by atoms with Gasteiger partial charge in [-0.05, 0) is 63.0 Å². The largest absolute Gasteiger partial charge is 0.394 e. The van der Waals surface area contributed by atoms with Crippen LogP contribution in [0.5, 0.6) is 0 Å². The molecule has 1 amide bonds. The maximum atomic E-state index is 12.9. The van der Waals surface area contributed by atoms with Crippen molar-refractivity contribution in [3.8, 4) is 5.82 Å². The Labute approximate surface area is 165 Å². The molecule has 2 aromatic rings. The number of pyridine rings is 1. The smallest absolute Gasteiger partial charge is 0.272 e. The first-order valence-corrected chi connectivity index (χ1v) is 10.5. The normalized spacial score (nSPS) is 23.5. The zero-order valence-electron chi connectivity index (χ0n) is 16.6. The fourth-order valence-electron chi connectivity index (χ4n) is 4.90. The Morgan fingerprint density at radius 1 is 1.32 bits per heavy atom. The van der Waals surface area contributed by atoms with E-state index < -0.39 is 5.54 Å². The monoisotopic (exact) mass is 380 g/mol. The van der Waals surface area contributed by atoms with Crippen molar-refractivity contribution < 1.29 is 9.90 Å². The molecule has 28 heavy (non-hydrogen) atoms. The number of amides is 1. The molecule has 6 nitrogen and oxygen atoms in total. The van der Waals surface area contributed by atoms with Crippen molar-refractivity contribution in [1.82, 2.24) is 20.1 Å². The maximum absolute atomic E-state index is 12.9. The molecule has 0 aliphatic heterocycles. The summed E-state index contributed by atoms with van der Waals surface area (Å²) in [4.78, 5) is 17.6. The van der Waals surface area contributed by atoms with E-state index in [1.807, 2.05) is 24.7 Å². The first-order valence-electron chi connectivity index (χ1n) is 10.5. The highest BCUT2D eigenvalue weighted by molar-refractivity contribution is 5.95. The summed E-state index contributed by atoms with van der Waals surface area (Å²) in [6.45, 7) is 3.50. The number of aliphatic hydroxyl groups excluding tert-OH is 1. The lowest BCUT2D eigenvalue weighted by molar-refractivity contribution is 0.0863. The predicted octanol–water partition coefficient (Wildman–Crippen LogP) is 3.09. The number of aromatic nitrogens is 3. The quantitative estimate of drug-likeness (QED) is 0.835. The van der Waals surface area contributed by atoms with Crippen LogP contribution >= 0.6 is 0 Å². The van der Waals surface area contributed by atoms with Crippen LogP contribution in [0.4, 0.5) is 0 Å². The molecule has 2 saturated carbocycles. The van der Waals surface area contributed by atoms with Gasteiger partial charge in [0.15, 0.2) is 11.5 Å². The number of carbonyl (C=O) groups excluding carboxylic acids is 1. The van der Waals surface area contributed by atoms with Crippen LogP contribution in [0.2, 0.25) is 0 Å². The molecule has 2 atom stereocenters.